The molecule has 4 aromatic rings. The second-order valence-corrected chi connectivity index (χ2v) is 8.94. The zero-order valence-corrected chi connectivity index (χ0v) is 17.0. The first-order valence-electron chi connectivity index (χ1n) is 9.87. The Labute approximate surface area is 172 Å². The number of rotatable bonds is 2. The smallest absolute Gasteiger partial charge is 0.341 e. The molecule has 1 aromatic carbocycles. The van der Waals surface area contributed by atoms with Gasteiger partial charge in [0.1, 0.15) is 5.56 Å². The van der Waals surface area contributed by atoms with Crippen LogP contribution in [0.5, 0.6) is 0 Å². The second-order valence-electron chi connectivity index (χ2n) is 8.94. The molecule has 1 aliphatic heterocycles. The molecule has 0 saturated carbocycles. The molecule has 0 fully saturated rings. The Morgan fingerprint density at radius 2 is 2.07 bits per heavy atom. The normalized spacial score (nSPS) is 15.8. The van der Waals surface area contributed by atoms with Gasteiger partial charge in [0, 0.05) is 52.7 Å². The van der Waals surface area contributed by atoms with Gasteiger partial charge in [0.25, 0.3) is 0 Å². The van der Waals surface area contributed by atoms with Crippen LogP contribution in [0.1, 0.15) is 42.7 Å². The monoisotopic (exact) mass is 402 g/mol. The predicted molar refractivity (Wildman–Crippen MR) is 115 cm³/mol. The highest BCUT2D eigenvalue weighted by molar-refractivity contribution is 6.01. The third kappa shape index (κ3) is 2.62. The summed E-state index contributed by atoms with van der Waals surface area (Å²) in [6.07, 6.45) is 7.78. The number of pyridine rings is 1. The molecule has 3 N–H and O–H groups in total. The summed E-state index contributed by atoms with van der Waals surface area (Å²) in [6.45, 7) is 6.41. The average Bonchev–Trinajstić information content (AvgIpc) is 3.37. The third-order valence-corrected chi connectivity index (χ3v) is 6.08. The maximum atomic E-state index is 12.6. The zero-order valence-electron chi connectivity index (χ0n) is 17.0. The fraction of sp³-hybridized carbons (Fsp3) is 0.261. The molecule has 3 aromatic heterocycles. The molecule has 1 atom stereocenters. The number of nitrogens with zero attached hydrogens (tertiary/aromatic N) is 2. The number of nitrogens with one attached hydrogen (secondary N) is 2. The maximum Gasteiger partial charge on any atom is 0.341 e. The summed E-state index contributed by atoms with van der Waals surface area (Å²) in [6, 6.07) is 5.61. The number of carbonyl (C=O) groups is 1. The van der Waals surface area contributed by atoms with Gasteiger partial charge in [-0.2, -0.15) is 5.10 Å². The Morgan fingerprint density at radius 3 is 2.73 bits per heavy atom. The summed E-state index contributed by atoms with van der Waals surface area (Å²) in [7, 11) is 0. The number of H-pyrrole nitrogens is 2. The minimum Gasteiger partial charge on any atom is -0.477 e. The Bertz CT molecular complexity index is 1350. The fourth-order valence-electron chi connectivity index (χ4n) is 4.56. The van der Waals surface area contributed by atoms with Gasteiger partial charge in [-0.1, -0.05) is 20.8 Å². The van der Waals surface area contributed by atoms with E-state index in [0.29, 0.717) is 0 Å². The van der Waals surface area contributed by atoms with Crippen molar-refractivity contribution in [3.63, 3.8) is 0 Å². The van der Waals surface area contributed by atoms with Crippen LogP contribution in [0.15, 0.2) is 47.8 Å². The lowest BCUT2D eigenvalue weighted by Crippen LogP contribution is -2.33. The number of aromatic carboxylic acids is 1. The van der Waals surface area contributed by atoms with Gasteiger partial charge < -0.3 is 14.7 Å². The maximum absolute atomic E-state index is 12.6. The number of carboxylic acids is 1. The molecule has 5 rings (SSSR count). The number of hydrogen-bond acceptors (Lipinski definition) is 3. The van der Waals surface area contributed by atoms with E-state index in [1.807, 2.05) is 17.0 Å². The number of aromatic amines is 2. The summed E-state index contributed by atoms with van der Waals surface area (Å²) in [5.41, 5.74) is 5.01. The quantitative estimate of drug-likeness (QED) is 0.467. The molecule has 0 aliphatic carbocycles. The van der Waals surface area contributed by atoms with Gasteiger partial charge in [0.05, 0.1) is 11.9 Å². The molecule has 0 spiro atoms. The van der Waals surface area contributed by atoms with Crippen LogP contribution in [0.2, 0.25) is 0 Å². The van der Waals surface area contributed by atoms with Gasteiger partial charge in [-0.15, -0.1) is 0 Å². The van der Waals surface area contributed by atoms with E-state index in [0.717, 1.165) is 45.3 Å². The molecule has 0 amide bonds. The second kappa shape index (κ2) is 6.19. The first-order chi connectivity index (χ1) is 14.3. The molecule has 7 heteroatoms. The van der Waals surface area contributed by atoms with Gasteiger partial charge in [-0.05, 0) is 35.1 Å². The molecular formula is C23H22N4O3. The Morgan fingerprint density at radius 1 is 1.27 bits per heavy atom. The van der Waals surface area contributed by atoms with Crippen molar-refractivity contribution >= 4 is 16.9 Å². The first-order valence-corrected chi connectivity index (χ1v) is 9.87. The number of benzene rings is 1. The zero-order chi connectivity index (χ0) is 21.2. The van der Waals surface area contributed by atoms with Crippen molar-refractivity contribution in [1.29, 1.82) is 0 Å². The van der Waals surface area contributed by atoms with Crippen LogP contribution >= 0.6 is 0 Å². The van der Waals surface area contributed by atoms with E-state index < -0.39 is 11.4 Å². The summed E-state index contributed by atoms with van der Waals surface area (Å²) in [5.74, 6) is -1.20. The van der Waals surface area contributed by atoms with E-state index in [2.05, 4.69) is 48.1 Å². The molecule has 152 valence electrons. The van der Waals surface area contributed by atoms with Crippen LogP contribution in [0.4, 0.5) is 0 Å². The average molecular weight is 402 g/mol. The number of hydrogen-bond donors (Lipinski definition) is 3. The van der Waals surface area contributed by atoms with E-state index >= 15 is 0 Å². The van der Waals surface area contributed by atoms with E-state index in [-0.39, 0.29) is 17.0 Å². The Hall–Kier alpha value is -3.61. The van der Waals surface area contributed by atoms with Gasteiger partial charge in [-0.25, -0.2) is 4.79 Å². The highest BCUT2D eigenvalue weighted by Crippen LogP contribution is 2.46. The standard InChI is InChI=1S/C23H22N4O3/c1-23(2,3)20-7-16-15(18-8-19(28)17(22(29)30)11-27(18)20)6-14(12-9-25-26-10-12)13-4-5-24-21(13)16/h4-6,8-11,20,24H,7H2,1-3H3,(H,25,26)(H,29,30)/t20-/m0/s1. The SMILES string of the molecule is CC(C)(C)[C@@H]1Cc2c(cc(-c3cn[nH]c3)c3cc[nH]c23)-c2cc(=O)c(C(=O)O)cn21. The fourth-order valence-corrected chi connectivity index (χ4v) is 4.56. The minimum atomic E-state index is -1.20. The summed E-state index contributed by atoms with van der Waals surface area (Å²) >= 11 is 0. The van der Waals surface area contributed by atoms with Gasteiger partial charge in [0.2, 0.25) is 0 Å². The molecule has 7 nitrogen and oxygen atoms in total. The third-order valence-electron chi connectivity index (χ3n) is 6.08. The van der Waals surface area contributed by atoms with Crippen molar-refractivity contribution in [3.05, 3.63) is 64.3 Å². The number of carboxylic acid groups (broad SMARTS) is 1. The largest absolute Gasteiger partial charge is 0.477 e. The van der Waals surface area contributed by atoms with Crippen molar-refractivity contribution in [1.82, 2.24) is 19.7 Å². The molecule has 1 aliphatic rings. The molecule has 0 saturated heterocycles. The van der Waals surface area contributed by atoms with E-state index in [4.69, 9.17) is 0 Å². The lowest BCUT2D eigenvalue weighted by Gasteiger charge is -2.39. The van der Waals surface area contributed by atoms with Gasteiger partial charge >= 0.3 is 5.97 Å². The van der Waals surface area contributed by atoms with Crippen molar-refractivity contribution in [3.8, 4) is 22.4 Å². The highest BCUT2D eigenvalue weighted by atomic mass is 16.4. The van der Waals surface area contributed by atoms with Crippen molar-refractivity contribution in [2.75, 3.05) is 0 Å². The van der Waals surface area contributed by atoms with Gasteiger partial charge in [0.15, 0.2) is 5.43 Å². The number of fused-ring (bicyclic) bond motifs is 5. The van der Waals surface area contributed by atoms with Crippen LogP contribution in [0.3, 0.4) is 0 Å². The molecule has 30 heavy (non-hydrogen) atoms. The van der Waals surface area contributed by atoms with Crippen LogP contribution < -0.4 is 5.43 Å². The summed E-state index contributed by atoms with van der Waals surface area (Å²) in [4.78, 5) is 27.6. The predicted octanol–water partition coefficient (Wildman–Crippen LogP) is 4.23. The Balaban J connectivity index is 1.88. The number of aromatic nitrogens is 4. The van der Waals surface area contributed by atoms with Crippen LogP contribution in [0, 0.1) is 5.41 Å². The lowest BCUT2D eigenvalue weighted by atomic mass is 9.77. The molecular weight excluding hydrogens is 380 g/mol. The Kier molecular flexibility index (Phi) is 3.80. The molecule has 4 heterocycles. The summed E-state index contributed by atoms with van der Waals surface area (Å²) < 4.78 is 1.97. The van der Waals surface area contributed by atoms with Crippen LogP contribution in [-0.4, -0.2) is 30.8 Å². The van der Waals surface area contributed by atoms with Crippen molar-refractivity contribution < 1.29 is 9.90 Å². The molecule has 0 unspecified atom stereocenters. The van der Waals surface area contributed by atoms with Crippen molar-refractivity contribution in [2.45, 2.75) is 33.2 Å². The van der Waals surface area contributed by atoms with Crippen molar-refractivity contribution in [2.24, 2.45) is 5.41 Å². The lowest BCUT2D eigenvalue weighted by molar-refractivity contribution is 0.0693. The minimum absolute atomic E-state index is 0.00461. The van der Waals surface area contributed by atoms with E-state index in [1.54, 1.807) is 6.20 Å². The molecule has 0 bridgehead atoms. The van der Waals surface area contributed by atoms with Gasteiger partial charge in [-0.3, -0.25) is 9.89 Å². The summed E-state index contributed by atoms with van der Waals surface area (Å²) in [5, 5.41) is 17.5. The van der Waals surface area contributed by atoms with Crippen LogP contribution in [-0.2, 0) is 6.42 Å². The topological polar surface area (TPSA) is 104 Å². The van der Waals surface area contributed by atoms with Crippen LogP contribution in [0.25, 0.3) is 33.3 Å². The van der Waals surface area contributed by atoms with E-state index in [9.17, 15) is 14.7 Å². The first kappa shape index (κ1) is 18.4. The van der Waals surface area contributed by atoms with E-state index in [1.165, 1.54) is 12.3 Å². The molecule has 0 radical (unpaired) electrons. The highest BCUT2D eigenvalue weighted by Gasteiger charge is 2.35.